The van der Waals surface area contributed by atoms with Gasteiger partial charge in [0.15, 0.2) is 5.69 Å². The Morgan fingerprint density at radius 3 is 2.42 bits per heavy atom. The van der Waals surface area contributed by atoms with Crippen molar-refractivity contribution in [2.24, 2.45) is 7.05 Å². The molecular formula is C17H20N8O. The van der Waals surface area contributed by atoms with Gasteiger partial charge in [-0.05, 0) is 31.2 Å². The number of nitrogens with one attached hydrogen (secondary N) is 2. The molecule has 0 aliphatic heterocycles. The molecule has 134 valence electrons. The molecule has 2 N–H and O–H groups in total. The van der Waals surface area contributed by atoms with Crippen molar-refractivity contribution in [3.63, 3.8) is 0 Å². The average Bonchev–Trinajstić information content (AvgIpc) is 3.03. The maximum Gasteiger partial charge on any atom is 0.277 e. The molecule has 1 amide bonds. The highest BCUT2D eigenvalue weighted by Gasteiger charge is 2.10. The molecule has 26 heavy (non-hydrogen) atoms. The summed E-state index contributed by atoms with van der Waals surface area (Å²) in [6.07, 6.45) is 1.56. The van der Waals surface area contributed by atoms with Crippen molar-refractivity contribution >= 4 is 28.9 Å². The predicted molar refractivity (Wildman–Crippen MR) is 99.8 cm³/mol. The minimum absolute atomic E-state index is 0.266. The summed E-state index contributed by atoms with van der Waals surface area (Å²) in [5, 5.41) is 13.6. The maximum absolute atomic E-state index is 12.1. The van der Waals surface area contributed by atoms with Crippen LogP contribution in [0.15, 0.2) is 36.5 Å². The second-order valence-corrected chi connectivity index (χ2v) is 5.99. The Bertz CT molecular complexity index is 917. The molecule has 2 heterocycles. The molecular weight excluding hydrogens is 332 g/mol. The van der Waals surface area contributed by atoms with Gasteiger partial charge in [0.05, 0.1) is 6.20 Å². The van der Waals surface area contributed by atoms with Crippen LogP contribution in [0, 0.1) is 6.92 Å². The van der Waals surface area contributed by atoms with Gasteiger partial charge < -0.3 is 15.5 Å². The molecule has 0 aliphatic rings. The van der Waals surface area contributed by atoms with E-state index < -0.39 is 0 Å². The number of carbonyl (C=O) groups excluding carboxylic acids is 1. The van der Waals surface area contributed by atoms with Crippen molar-refractivity contribution in [3.8, 4) is 0 Å². The third-order valence-corrected chi connectivity index (χ3v) is 3.53. The number of rotatable bonds is 5. The molecule has 9 heteroatoms. The van der Waals surface area contributed by atoms with E-state index in [1.54, 1.807) is 25.4 Å². The van der Waals surface area contributed by atoms with Crippen LogP contribution in [0.25, 0.3) is 0 Å². The van der Waals surface area contributed by atoms with Gasteiger partial charge in [-0.15, -0.1) is 5.10 Å². The zero-order chi connectivity index (χ0) is 18.7. The van der Waals surface area contributed by atoms with Crippen molar-refractivity contribution in [1.29, 1.82) is 0 Å². The van der Waals surface area contributed by atoms with Crippen LogP contribution in [0.4, 0.5) is 23.0 Å². The van der Waals surface area contributed by atoms with Crippen LogP contribution in [-0.2, 0) is 7.05 Å². The van der Waals surface area contributed by atoms with E-state index in [0.717, 1.165) is 11.5 Å². The highest BCUT2D eigenvalue weighted by molar-refractivity contribution is 6.02. The SMILES string of the molecule is Cc1nc(Nc2ccc(NC(=O)c3cn(C)nn3)cc2)cc(N(C)C)n1. The number of carbonyl (C=O) groups is 1. The fourth-order valence-electron chi connectivity index (χ4n) is 2.28. The van der Waals surface area contributed by atoms with Gasteiger partial charge in [-0.1, -0.05) is 5.21 Å². The highest BCUT2D eigenvalue weighted by Crippen LogP contribution is 2.20. The van der Waals surface area contributed by atoms with Crippen LogP contribution < -0.4 is 15.5 Å². The van der Waals surface area contributed by atoms with Crippen LogP contribution in [0.1, 0.15) is 16.3 Å². The minimum atomic E-state index is -0.305. The number of hydrogen-bond donors (Lipinski definition) is 2. The van der Waals surface area contributed by atoms with Crippen LogP contribution in [0.3, 0.4) is 0 Å². The Kier molecular flexibility index (Phi) is 4.78. The molecule has 0 spiro atoms. The Morgan fingerprint density at radius 2 is 1.81 bits per heavy atom. The Labute approximate surface area is 151 Å². The van der Waals surface area contributed by atoms with Gasteiger partial charge in [0, 0.05) is 38.6 Å². The second-order valence-electron chi connectivity index (χ2n) is 5.99. The first-order valence-corrected chi connectivity index (χ1v) is 7.98. The molecule has 0 atom stereocenters. The number of benzene rings is 1. The first-order valence-electron chi connectivity index (χ1n) is 7.98. The van der Waals surface area contributed by atoms with E-state index in [2.05, 4.69) is 30.9 Å². The number of amides is 1. The van der Waals surface area contributed by atoms with Crippen molar-refractivity contribution in [1.82, 2.24) is 25.0 Å². The lowest BCUT2D eigenvalue weighted by Crippen LogP contribution is -2.13. The zero-order valence-electron chi connectivity index (χ0n) is 15.1. The summed E-state index contributed by atoms with van der Waals surface area (Å²) in [5.74, 6) is 1.91. The van der Waals surface area contributed by atoms with Gasteiger partial charge in [-0.25, -0.2) is 9.97 Å². The topological polar surface area (TPSA) is 101 Å². The van der Waals surface area contributed by atoms with Gasteiger partial charge >= 0.3 is 0 Å². The van der Waals surface area contributed by atoms with E-state index in [-0.39, 0.29) is 11.6 Å². The molecule has 0 aliphatic carbocycles. The van der Waals surface area contributed by atoms with Crippen LogP contribution in [0.5, 0.6) is 0 Å². The predicted octanol–water partition coefficient (Wildman–Crippen LogP) is 1.98. The minimum Gasteiger partial charge on any atom is -0.363 e. The van der Waals surface area contributed by atoms with Gasteiger partial charge in [0.25, 0.3) is 5.91 Å². The van der Waals surface area contributed by atoms with E-state index in [0.29, 0.717) is 17.3 Å². The highest BCUT2D eigenvalue weighted by atomic mass is 16.2. The summed E-state index contributed by atoms with van der Waals surface area (Å²) < 4.78 is 1.48. The third kappa shape index (κ3) is 4.12. The number of nitrogens with zero attached hydrogens (tertiary/aromatic N) is 6. The average molecular weight is 352 g/mol. The van der Waals surface area contributed by atoms with Crippen molar-refractivity contribution < 1.29 is 4.79 Å². The van der Waals surface area contributed by atoms with E-state index in [4.69, 9.17) is 0 Å². The lowest BCUT2D eigenvalue weighted by atomic mass is 10.2. The molecule has 0 bridgehead atoms. The molecule has 0 fully saturated rings. The van der Waals surface area contributed by atoms with Crippen molar-refractivity contribution in [2.45, 2.75) is 6.92 Å². The molecule has 3 rings (SSSR count). The fraction of sp³-hybridized carbons (Fsp3) is 0.235. The Hall–Kier alpha value is -3.49. The lowest BCUT2D eigenvalue weighted by molar-refractivity contribution is 0.102. The number of anilines is 4. The first-order chi connectivity index (χ1) is 12.4. The zero-order valence-corrected chi connectivity index (χ0v) is 15.1. The lowest BCUT2D eigenvalue weighted by Gasteiger charge is -2.14. The van der Waals surface area contributed by atoms with E-state index in [9.17, 15) is 4.79 Å². The fourth-order valence-corrected chi connectivity index (χ4v) is 2.28. The molecule has 2 aromatic heterocycles. The van der Waals surface area contributed by atoms with Crippen LogP contribution in [-0.4, -0.2) is 45.0 Å². The van der Waals surface area contributed by atoms with Crippen LogP contribution in [0.2, 0.25) is 0 Å². The molecule has 1 aromatic carbocycles. The van der Waals surface area contributed by atoms with Crippen LogP contribution >= 0.6 is 0 Å². The summed E-state index contributed by atoms with van der Waals surface area (Å²) in [6.45, 7) is 1.85. The number of aromatic nitrogens is 5. The molecule has 0 saturated heterocycles. The summed E-state index contributed by atoms with van der Waals surface area (Å²) in [5.41, 5.74) is 1.78. The monoisotopic (exact) mass is 352 g/mol. The third-order valence-electron chi connectivity index (χ3n) is 3.53. The Morgan fingerprint density at radius 1 is 1.12 bits per heavy atom. The molecule has 0 saturated carbocycles. The number of aryl methyl sites for hydroxylation is 2. The molecule has 0 unspecified atom stereocenters. The molecule has 3 aromatic rings. The normalized spacial score (nSPS) is 10.5. The van der Waals surface area contributed by atoms with Gasteiger partial charge in [-0.3, -0.25) is 9.48 Å². The van der Waals surface area contributed by atoms with Gasteiger partial charge in [-0.2, -0.15) is 0 Å². The van der Waals surface area contributed by atoms with E-state index in [1.165, 1.54) is 4.68 Å². The first kappa shape index (κ1) is 17.3. The summed E-state index contributed by atoms with van der Waals surface area (Å²) >= 11 is 0. The molecule has 9 nitrogen and oxygen atoms in total. The number of hydrogen-bond acceptors (Lipinski definition) is 7. The smallest absolute Gasteiger partial charge is 0.277 e. The van der Waals surface area contributed by atoms with E-state index in [1.807, 2.05) is 44.1 Å². The summed E-state index contributed by atoms with van der Waals surface area (Å²) in [6, 6.07) is 9.20. The largest absolute Gasteiger partial charge is 0.363 e. The quantitative estimate of drug-likeness (QED) is 0.724. The maximum atomic E-state index is 12.1. The van der Waals surface area contributed by atoms with Gasteiger partial charge in [0.2, 0.25) is 0 Å². The van der Waals surface area contributed by atoms with Crippen molar-refractivity contribution in [3.05, 3.63) is 48.0 Å². The Balaban J connectivity index is 1.69. The van der Waals surface area contributed by atoms with Gasteiger partial charge in [0.1, 0.15) is 17.5 Å². The summed E-state index contributed by atoms with van der Waals surface area (Å²) in [7, 11) is 5.57. The molecule has 0 radical (unpaired) electrons. The van der Waals surface area contributed by atoms with E-state index >= 15 is 0 Å². The second kappa shape index (κ2) is 7.18. The summed E-state index contributed by atoms with van der Waals surface area (Å²) in [4.78, 5) is 22.8. The van der Waals surface area contributed by atoms with Crippen molar-refractivity contribution in [2.75, 3.05) is 29.6 Å². The standard InChI is InChI=1S/C17H20N8O/c1-11-18-15(9-16(19-11)24(2)3)20-12-5-7-13(8-6-12)21-17(26)14-10-25(4)23-22-14/h5-10H,1-4H3,(H,21,26)(H,18,19,20).